The lowest BCUT2D eigenvalue weighted by atomic mass is 9.99. The van der Waals surface area contributed by atoms with Crippen molar-refractivity contribution in [3.63, 3.8) is 0 Å². The van der Waals surface area contributed by atoms with Crippen LogP contribution in [-0.4, -0.2) is 119 Å². The Morgan fingerprint density at radius 2 is 1.57 bits per heavy atom. The number of nitrogens with one attached hydrogen (secondary N) is 4. The highest BCUT2D eigenvalue weighted by molar-refractivity contribution is 5.97. The van der Waals surface area contributed by atoms with E-state index in [2.05, 4.69) is 27.8 Å². The van der Waals surface area contributed by atoms with Gasteiger partial charge in [-0.05, 0) is 89.0 Å². The average Bonchev–Trinajstić information content (AvgIpc) is 3.83. The van der Waals surface area contributed by atoms with Crippen molar-refractivity contribution < 1.29 is 47.1 Å². The van der Waals surface area contributed by atoms with E-state index in [9.17, 15) is 42.3 Å². The van der Waals surface area contributed by atoms with E-state index >= 15 is 0 Å². The van der Waals surface area contributed by atoms with Gasteiger partial charge < -0.3 is 40.7 Å². The molecule has 3 unspecified atom stereocenters. The first-order valence-electron chi connectivity index (χ1n) is 19.7. The number of fused-ring (bicyclic) bond motifs is 3. The molecule has 4 saturated heterocycles. The summed E-state index contributed by atoms with van der Waals surface area (Å²) in [6.45, 7) is 10.3. The van der Waals surface area contributed by atoms with Gasteiger partial charge in [0.05, 0.1) is 0 Å². The minimum atomic E-state index is -1.59. The third-order valence-electron chi connectivity index (χ3n) is 10.9. The number of rotatable bonds is 8. The van der Waals surface area contributed by atoms with E-state index < -0.39 is 102 Å². The fourth-order valence-corrected chi connectivity index (χ4v) is 7.90. The van der Waals surface area contributed by atoms with E-state index in [0.717, 1.165) is 17.7 Å². The molecule has 4 fully saturated rings. The predicted octanol–water partition coefficient (Wildman–Crippen LogP) is 2.37. The Morgan fingerprint density at radius 1 is 0.897 bits per heavy atom. The molecule has 0 aliphatic carbocycles. The number of allylic oxidation sites excluding steroid dienone is 5. The molecule has 7 atom stereocenters. The summed E-state index contributed by atoms with van der Waals surface area (Å²) in [6, 6.07) is -5.24. The number of piperidine rings is 1. The Bertz CT molecular complexity index is 1850. The van der Waals surface area contributed by atoms with Gasteiger partial charge in [-0.25, -0.2) is 18.4 Å². The minimum absolute atomic E-state index is 0.0187. The number of benzene rings is 1. The number of ether oxygens (including phenoxy) is 1. The van der Waals surface area contributed by atoms with Gasteiger partial charge in [-0.2, -0.15) is 0 Å². The van der Waals surface area contributed by atoms with Crippen LogP contribution < -0.4 is 21.3 Å². The van der Waals surface area contributed by atoms with Crippen molar-refractivity contribution in [3.8, 4) is 0 Å². The molecular weight excluding hydrogens is 756 g/mol. The second-order valence-corrected chi connectivity index (χ2v) is 15.6. The second kappa shape index (κ2) is 19.2. The highest BCUT2D eigenvalue weighted by Crippen LogP contribution is 2.28. The van der Waals surface area contributed by atoms with Crippen LogP contribution in [0.4, 0.5) is 13.6 Å². The number of hydrogen-bond acceptors (Lipinski definition) is 8. The normalized spacial score (nSPS) is 26.9. The highest BCUT2D eigenvalue weighted by Gasteiger charge is 2.46. The van der Waals surface area contributed by atoms with E-state index in [1.807, 2.05) is 6.92 Å². The molecule has 58 heavy (non-hydrogen) atoms. The van der Waals surface area contributed by atoms with E-state index in [-0.39, 0.29) is 44.0 Å². The SMILES string of the molecule is C=C/C(C)=C\C=C(/C)NC(=O)N[C@@H](Cc1cc(F)cc(F)c1)C(=O)N[C@H]1COC(=O)C2C[C@H](C)CN2C(=O)[C@H](C)NC(=O)C2CCCCN2C(=O)C2CCCN2C1=O. The van der Waals surface area contributed by atoms with Crippen LogP contribution in [0, 0.1) is 17.6 Å². The van der Waals surface area contributed by atoms with Crippen molar-refractivity contribution in [1.29, 1.82) is 0 Å². The van der Waals surface area contributed by atoms with Crippen molar-refractivity contribution in [1.82, 2.24) is 36.0 Å². The molecule has 0 radical (unpaired) electrons. The fraction of sp³-hybridized carbons (Fsp3) is 0.537. The Morgan fingerprint density at radius 3 is 2.28 bits per heavy atom. The quantitative estimate of drug-likeness (QED) is 0.228. The summed E-state index contributed by atoms with van der Waals surface area (Å²) in [5, 5.41) is 10.4. The Balaban J connectivity index is 1.47. The number of carbonyl (C=O) groups is 7. The van der Waals surface area contributed by atoms with Gasteiger partial charge in [-0.3, -0.25) is 24.0 Å². The summed E-state index contributed by atoms with van der Waals surface area (Å²) < 4.78 is 34.2. The number of hydrogen-bond donors (Lipinski definition) is 4. The Hall–Kier alpha value is -5.61. The molecule has 0 saturated carbocycles. The molecule has 1 aromatic carbocycles. The highest BCUT2D eigenvalue weighted by atomic mass is 19.1. The van der Waals surface area contributed by atoms with Gasteiger partial charge in [0, 0.05) is 37.8 Å². The standard InChI is InChI=1S/C41H53F2N7O8/c1-6-23(2)12-13-25(4)44-41(57)47-30(19-27-17-28(42)20-29(43)18-27)35(51)46-31-22-58-40(56)34-16-24(3)21-50(34)37(53)26(5)45-36(52)32-10-7-8-14-48(32)39(55)33-11-9-15-49(33)38(31)54/h6,12-13,17-18,20,24,26,30-34H,1,7-11,14-16,19,21-22H2,2-5H3,(H,45,52)(H,46,51)(H2,44,47,57)/b23-12-,25-13+/t24-,26-,30-,31-,32?,33?,34?/m0/s1. The van der Waals surface area contributed by atoms with Crippen LogP contribution >= 0.6 is 0 Å². The number of urea groups is 1. The maximum atomic E-state index is 14.5. The number of cyclic esters (lactones) is 1. The van der Waals surface area contributed by atoms with Crippen LogP contribution in [0.2, 0.25) is 0 Å². The van der Waals surface area contributed by atoms with Gasteiger partial charge >= 0.3 is 12.0 Å². The molecule has 17 heteroatoms. The van der Waals surface area contributed by atoms with E-state index in [1.165, 1.54) is 21.6 Å². The van der Waals surface area contributed by atoms with Gasteiger partial charge in [-0.15, -0.1) is 0 Å². The van der Waals surface area contributed by atoms with Crippen molar-refractivity contribution in [2.75, 3.05) is 26.2 Å². The molecule has 7 amide bonds. The summed E-state index contributed by atoms with van der Waals surface area (Å²) in [5.74, 6) is -5.97. The lowest BCUT2D eigenvalue weighted by Gasteiger charge is -2.39. The summed E-state index contributed by atoms with van der Waals surface area (Å²) in [5.41, 5.74) is 1.21. The number of carbonyl (C=O) groups excluding carboxylic acids is 7. The van der Waals surface area contributed by atoms with Gasteiger partial charge in [0.25, 0.3) is 0 Å². The van der Waals surface area contributed by atoms with Crippen LogP contribution in [0.3, 0.4) is 0 Å². The van der Waals surface area contributed by atoms with Crippen LogP contribution in [0.25, 0.3) is 0 Å². The zero-order valence-corrected chi connectivity index (χ0v) is 33.4. The predicted molar refractivity (Wildman–Crippen MR) is 207 cm³/mol. The first kappa shape index (κ1) is 43.5. The zero-order valence-electron chi connectivity index (χ0n) is 33.4. The van der Waals surface area contributed by atoms with Crippen molar-refractivity contribution in [3.05, 3.63) is 71.5 Å². The monoisotopic (exact) mass is 809 g/mol. The molecule has 4 N–H and O–H groups in total. The molecule has 5 rings (SSSR count). The average molecular weight is 810 g/mol. The molecule has 15 nitrogen and oxygen atoms in total. The lowest BCUT2D eigenvalue weighted by molar-refractivity contribution is -0.158. The fourth-order valence-electron chi connectivity index (χ4n) is 7.90. The third kappa shape index (κ3) is 10.7. The van der Waals surface area contributed by atoms with Crippen molar-refractivity contribution in [2.45, 2.75) is 109 Å². The Kier molecular flexibility index (Phi) is 14.4. The van der Waals surface area contributed by atoms with E-state index in [4.69, 9.17) is 4.74 Å². The largest absolute Gasteiger partial charge is 0.461 e. The molecule has 0 aromatic heterocycles. The number of esters is 1. The van der Waals surface area contributed by atoms with Crippen LogP contribution in [-0.2, 0) is 39.9 Å². The molecule has 1 aromatic rings. The molecule has 4 aliphatic heterocycles. The van der Waals surface area contributed by atoms with E-state index in [1.54, 1.807) is 32.1 Å². The van der Waals surface area contributed by atoms with Crippen LogP contribution in [0.1, 0.15) is 71.8 Å². The minimum Gasteiger partial charge on any atom is -0.461 e. The number of halogens is 2. The first-order valence-corrected chi connectivity index (χ1v) is 19.7. The van der Waals surface area contributed by atoms with Crippen molar-refractivity contribution in [2.24, 2.45) is 5.92 Å². The van der Waals surface area contributed by atoms with Gasteiger partial charge in [0.2, 0.25) is 29.5 Å². The molecule has 0 bridgehead atoms. The molecule has 4 aliphatic rings. The molecular formula is C41H53F2N7O8. The topological polar surface area (TPSA) is 187 Å². The number of amides is 7. The molecule has 0 spiro atoms. The van der Waals surface area contributed by atoms with Gasteiger partial charge in [0.1, 0.15) is 54.5 Å². The van der Waals surface area contributed by atoms with Crippen LogP contribution in [0.15, 0.2) is 54.3 Å². The molecule has 314 valence electrons. The summed E-state index contributed by atoms with van der Waals surface area (Å²) in [7, 11) is 0. The van der Waals surface area contributed by atoms with E-state index in [0.29, 0.717) is 37.4 Å². The summed E-state index contributed by atoms with van der Waals surface area (Å²) in [6.07, 6.45) is 7.10. The zero-order chi connectivity index (χ0) is 42.3. The molecule has 4 heterocycles. The third-order valence-corrected chi connectivity index (χ3v) is 10.9. The van der Waals surface area contributed by atoms with Gasteiger partial charge in [-0.1, -0.05) is 31.2 Å². The first-order chi connectivity index (χ1) is 27.6. The van der Waals surface area contributed by atoms with Crippen LogP contribution in [0.5, 0.6) is 0 Å². The maximum absolute atomic E-state index is 14.5. The lowest BCUT2D eigenvalue weighted by Crippen LogP contribution is -2.62. The second-order valence-electron chi connectivity index (χ2n) is 15.6. The smallest absolute Gasteiger partial charge is 0.328 e. The number of nitrogens with zero attached hydrogens (tertiary/aromatic N) is 3. The maximum Gasteiger partial charge on any atom is 0.328 e. The Labute approximate surface area is 336 Å². The summed E-state index contributed by atoms with van der Waals surface area (Å²) in [4.78, 5) is 101. The van der Waals surface area contributed by atoms with Gasteiger partial charge in [0.15, 0.2) is 0 Å². The van der Waals surface area contributed by atoms with Crippen molar-refractivity contribution >= 4 is 41.5 Å². The summed E-state index contributed by atoms with van der Waals surface area (Å²) >= 11 is 0.